The molecule has 0 saturated carbocycles. The average molecular weight is 301 g/mol. The van der Waals surface area contributed by atoms with Crippen molar-refractivity contribution in [3.05, 3.63) is 57.6 Å². The van der Waals surface area contributed by atoms with Crippen LogP contribution in [0, 0.1) is 17.0 Å². The second-order valence-electron chi connectivity index (χ2n) is 4.46. The van der Waals surface area contributed by atoms with E-state index in [9.17, 15) is 20.0 Å². The number of hydrogen-bond donors (Lipinski definition) is 2. The number of phenols is 1. The molecule has 0 fully saturated rings. The van der Waals surface area contributed by atoms with Crippen LogP contribution in [0.5, 0.6) is 5.75 Å². The van der Waals surface area contributed by atoms with Gasteiger partial charge >= 0.3 is 5.97 Å². The smallest absolute Gasteiger partial charge is 0.335 e. The molecular formula is C14H11N3O5. The molecule has 0 radical (unpaired) electrons. The number of aryl methyl sites for hydroxylation is 1. The Hall–Kier alpha value is -3.29. The number of hydrogen-bond acceptors (Lipinski definition) is 6. The van der Waals surface area contributed by atoms with Crippen LogP contribution < -0.4 is 0 Å². The lowest BCUT2D eigenvalue weighted by Crippen LogP contribution is -1.97. The standard InChI is InChI=1S/C14H11N3O5/c1-8-2-5-13(18)11(6-8)16-15-10-4-3-9(14(19)20)7-12(10)17(21)22/h2-7,18H,1H3,(H,19,20). The fourth-order valence-corrected chi connectivity index (χ4v) is 1.71. The summed E-state index contributed by atoms with van der Waals surface area (Å²) in [6, 6.07) is 7.98. The van der Waals surface area contributed by atoms with E-state index < -0.39 is 16.6 Å². The van der Waals surface area contributed by atoms with Crippen molar-refractivity contribution in [2.45, 2.75) is 6.92 Å². The first-order chi connectivity index (χ1) is 10.4. The lowest BCUT2D eigenvalue weighted by Gasteiger charge is -2.00. The Bertz CT molecular complexity index is 786. The SMILES string of the molecule is Cc1ccc(O)c(N=Nc2ccc(C(=O)O)cc2[N+](=O)[O-])c1. The summed E-state index contributed by atoms with van der Waals surface area (Å²) in [6.45, 7) is 1.79. The lowest BCUT2D eigenvalue weighted by molar-refractivity contribution is -0.384. The normalized spacial score (nSPS) is 10.8. The molecule has 0 saturated heterocycles. The third-order valence-electron chi connectivity index (χ3n) is 2.82. The predicted octanol–water partition coefficient (Wildman–Crippen LogP) is 3.72. The van der Waals surface area contributed by atoms with Gasteiger partial charge in [-0.1, -0.05) is 6.07 Å². The summed E-state index contributed by atoms with van der Waals surface area (Å²) < 4.78 is 0. The van der Waals surface area contributed by atoms with E-state index in [1.165, 1.54) is 18.2 Å². The molecule has 0 aliphatic rings. The minimum absolute atomic E-state index is 0.101. The Labute approximate surface area is 124 Å². The van der Waals surface area contributed by atoms with Crippen LogP contribution in [0.15, 0.2) is 46.6 Å². The number of carbonyl (C=O) groups is 1. The van der Waals surface area contributed by atoms with Crippen molar-refractivity contribution in [1.82, 2.24) is 0 Å². The highest BCUT2D eigenvalue weighted by molar-refractivity contribution is 5.89. The zero-order chi connectivity index (χ0) is 16.3. The van der Waals surface area contributed by atoms with Crippen molar-refractivity contribution in [1.29, 1.82) is 0 Å². The van der Waals surface area contributed by atoms with Gasteiger partial charge in [0.15, 0.2) is 5.69 Å². The summed E-state index contributed by atoms with van der Waals surface area (Å²) in [4.78, 5) is 21.1. The summed E-state index contributed by atoms with van der Waals surface area (Å²) in [7, 11) is 0. The highest BCUT2D eigenvalue weighted by Gasteiger charge is 2.17. The zero-order valence-electron chi connectivity index (χ0n) is 11.4. The molecule has 0 heterocycles. The van der Waals surface area contributed by atoms with E-state index >= 15 is 0 Å². The molecular weight excluding hydrogens is 290 g/mol. The van der Waals surface area contributed by atoms with Gasteiger partial charge in [0.05, 0.1) is 10.5 Å². The largest absolute Gasteiger partial charge is 0.506 e. The van der Waals surface area contributed by atoms with Crippen molar-refractivity contribution in [2.24, 2.45) is 10.2 Å². The molecule has 0 unspecified atom stereocenters. The molecule has 2 rings (SSSR count). The van der Waals surface area contributed by atoms with Crippen molar-refractivity contribution >= 4 is 23.0 Å². The average Bonchev–Trinajstić information content (AvgIpc) is 2.47. The van der Waals surface area contributed by atoms with E-state index in [1.54, 1.807) is 19.1 Å². The number of azo groups is 1. The summed E-state index contributed by atoms with van der Waals surface area (Å²) in [5.74, 6) is -1.39. The quantitative estimate of drug-likeness (QED) is 0.505. The maximum absolute atomic E-state index is 11.0. The Morgan fingerprint density at radius 3 is 2.45 bits per heavy atom. The Morgan fingerprint density at radius 2 is 1.82 bits per heavy atom. The molecule has 112 valence electrons. The molecule has 8 heteroatoms. The van der Waals surface area contributed by atoms with Gasteiger partial charge in [0.2, 0.25) is 0 Å². The molecule has 2 aromatic rings. The van der Waals surface area contributed by atoms with Gasteiger partial charge in [0.25, 0.3) is 5.69 Å². The highest BCUT2D eigenvalue weighted by atomic mass is 16.6. The predicted molar refractivity (Wildman–Crippen MR) is 77.1 cm³/mol. The van der Waals surface area contributed by atoms with E-state index in [0.717, 1.165) is 11.6 Å². The monoisotopic (exact) mass is 301 g/mol. The topological polar surface area (TPSA) is 125 Å². The molecule has 2 N–H and O–H groups in total. The first-order valence-corrected chi connectivity index (χ1v) is 6.11. The number of aromatic hydroxyl groups is 1. The van der Waals surface area contributed by atoms with Gasteiger partial charge in [-0.2, -0.15) is 0 Å². The summed E-state index contributed by atoms with van der Waals surface area (Å²) in [5.41, 5.74) is 0.204. The van der Waals surface area contributed by atoms with Crippen molar-refractivity contribution < 1.29 is 19.9 Å². The molecule has 0 bridgehead atoms. The van der Waals surface area contributed by atoms with Gasteiger partial charge in [-0.3, -0.25) is 10.1 Å². The summed E-state index contributed by atoms with van der Waals surface area (Å²) in [6.07, 6.45) is 0. The maximum Gasteiger partial charge on any atom is 0.335 e. The fourth-order valence-electron chi connectivity index (χ4n) is 1.71. The van der Waals surface area contributed by atoms with Gasteiger partial charge in [0.1, 0.15) is 11.4 Å². The van der Waals surface area contributed by atoms with Crippen LogP contribution >= 0.6 is 0 Å². The van der Waals surface area contributed by atoms with Crippen molar-refractivity contribution in [3.63, 3.8) is 0 Å². The summed E-state index contributed by atoms with van der Waals surface area (Å²) >= 11 is 0. The second kappa shape index (κ2) is 6.00. The van der Waals surface area contributed by atoms with E-state index in [2.05, 4.69) is 10.2 Å². The van der Waals surface area contributed by atoms with Crippen LogP contribution in [0.25, 0.3) is 0 Å². The molecule has 2 aromatic carbocycles. The molecule has 0 aliphatic heterocycles. The number of benzene rings is 2. The van der Waals surface area contributed by atoms with Crippen LogP contribution in [-0.4, -0.2) is 21.1 Å². The van der Waals surface area contributed by atoms with Crippen LogP contribution in [0.3, 0.4) is 0 Å². The minimum atomic E-state index is -1.28. The van der Waals surface area contributed by atoms with Crippen molar-refractivity contribution in [2.75, 3.05) is 0 Å². The number of aromatic carboxylic acids is 1. The molecule has 0 atom stereocenters. The molecule has 0 amide bonds. The van der Waals surface area contributed by atoms with Crippen LogP contribution in [0.4, 0.5) is 17.1 Å². The maximum atomic E-state index is 11.0. The van der Waals surface area contributed by atoms with Crippen molar-refractivity contribution in [3.8, 4) is 5.75 Å². The van der Waals surface area contributed by atoms with Gasteiger partial charge in [-0.15, -0.1) is 10.2 Å². The lowest BCUT2D eigenvalue weighted by atomic mass is 10.2. The number of carboxylic acids is 1. The molecule has 0 aliphatic carbocycles. The van der Waals surface area contributed by atoms with E-state index in [0.29, 0.717) is 0 Å². The Balaban J connectivity index is 2.44. The fraction of sp³-hybridized carbons (Fsp3) is 0.0714. The zero-order valence-corrected chi connectivity index (χ0v) is 11.4. The number of nitro benzene ring substituents is 1. The van der Waals surface area contributed by atoms with Gasteiger partial charge in [0, 0.05) is 6.07 Å². The third kappa shape index (κ3) is 3.23. The molecule has 22 heavy (non-hydrogen) atoms. The second-order valence-corrected chi connectivity index (χ2v) is 4.46. The van der Waals surface area contributed by atoms with Gasteiger partial charge < -0.3 is 10.2 Å². The van der Waals surface area contributed by atoms with E-state index in [-0.39, 0.29) is 22.7 Å². The van der Waals surface area contributed by atoms with Crippen LogP contribution in [0.1, 0.15) is 15.9 Å². The van der Waals surface area contributed by atoms with Gasteiger partial charge in [-0.05, 0) is 36.8 Å². The van der Waals surface area contributed by atoms with E-state index in [4.69, 9.17) is 5.11 Å². The molecule has 0 aromatic heterocycles. The first kappa shape index (κ1) is 15.1. The Morgan fingerprint density at radius 1 is 1.14 bits per heavy atom. The number of phenolic OH excluding ortho intramolecular Hbond substituents is 1. The van der Waals surface area contributed by atoms with Crippen LogP contribution in [-0.2, 0) is 0 Å². The van der Waals surface area contributed by atoms with Gasteiger partial charge in [-0.25, -0.2) is 4.79 Å². The number of nitrogens with zero attached hydrogens (tertiary/aromatic N) is 3. The highest BCUT2D eigenvalue weighted by Crippen LogP contribution is 2.33. The Kier molecular flexibility index (Phi) is 4.12. The summed E-state index contributed by atoms with van der Waals surface area (Å²) in [5, 5.41) is 37.0. The first-order valence-electron chi connectivity index (χ1n) is 6.11. The van der Waals surface area contributed by atoms with Crippen LogP contribution in [0.2, 0.25) is 0 Å². The molecule has 8 nitrogen and oxygen atoms in total. The number of carboxylic acid groups (broad SMARTS) is 1. The third-order valence-corrected chi connectivity index (χ3v) is 2.82. The number of nitro groups is 1. The minimum Gasteiger partial charge on any atom is -0.506 e. The van der Waals surface area contributed by atoms with E-state index in [1.807, 2.05) is 0 Å². The number of rotatable bonds is 4. The molecule has 0 spiro atoms.